The van der Waals surface area contributed by atoms with Gasteiger partial charge in [-0.1, -0.05) is 0 Å². The van der Waals surface area contributed by atoms with Crippen molar-refractivity contribution < 1.29 is 19.4 Å². The molecule has 2 heterocycles. The molecule has 2 saturated heterocycles. The molecule has 6 nitrogen and oxygen atoms in total. The number of likely N-dealkylation sites (N-methyl/N-ethyl adjacent to an activating group) is 1. The van der Waals surface area contributed by atoms with Crippen LogP contribution in [0.4, 0.5) is 4.79 Å². The summed E-state index contributed by atoms with van der Waals surface area (Å²) in [6, 6.07) is -0.176. The minimum absolute atomic E-state index is 0.0950. The van der Waals surface area contributed by atoms with Crippen LogP contribution in [-0.2, 0) is 9.53 Å². The van der Waals surface area contributed by atoms with Crippen LogP contribution in [0, 0.1) is 0 Å². The summed E-state index contributed by atoms with van der Waals surface area (Å²) in [6.45, 7) is 5.96. The van der Waals surface area contributed by atoms with Crippen molar-refractivity contribution in [3.8, 4) is 0 Å². The third kappa shape index (κ3) is 2.75. The van der Waals surface area contributed by atoms with E-state index in [4.69, 9.17) is 4.74 Å². The summed E-state index contributed by atoms with van der Waals surface area (Å²) in [7, 11) is 0. The Bertz CT molecular complexity index is 381. The molecule has 2 fully saturated rings. The molecule has 1 N–H and O–H groups in total. The lowest BCUT2D eigenvalue weighted by molar-refractivity contribution is -0.147. The standard InChI is InChI=1S/C14H24N2O4/c1-3-15(10-11-6-4-9-20-11)13(19)16-8-5-7-14(16,2)12(17)18/h11H,3-10H2,1-2H3,(H,17,18). The molecule has 0 aromatic carbocycles. The second-order valence-electron chi connectivity index (χ2n) is 5.79. The Hall–Kier alpha value is -1.30. The number of likely N-dealkylation sites (tertiary alicyclic amines) is 1. The summed E-state index contributed by atoms with van der Waals surface area (Å²) >= 11 is 0. The predicted octanol–water partition coefficient (Wildman–Crippen LogP) is 1.55. The van der Waals surface area contributed by atoms with Gasteiger partial charge in [0.25, 0.3) is 0 Å². The summed E-state index contributed by atoms with van der Waals surface area (Å²) < 4.78 is 5.57. The molecule has 0 aliphatic carbocycles. The highest BCUT2D eigenvalue weighted by molar-refractivity contribution is 5.86. The summed E-state index contributed by atoms with van der Waals surface area (Å²) in [6.07, 6.45) is 3.36. The number of rotatable bonds is 4. The van der Waals surface area contributed by atoms with Crippen molar-refractivity contribution in [2.45, 2.75) is 51.2 Å². The first kappa shape index (κ1) is 15.1. The molecule has 0 aromatic heterocycles. The highest BCUT2D eigenvalue weighted by Gasteiger charge is 2.47. The molecule has 0 aromatic rings. The smallest absolute Gasteiger partial charge is 0.329 e. The average Bonchev–Trinajstić information content (AvgIpc) is 3.05. The number of carbonyl (C=O) groups excluding carboxylic acids is 1. The summed E-state index contributed by atoms with van der Waals surface area (Å²) in [5, 5.41) is 9.39. The van der Waals surface area contributed by atoms with Crippen LogP contribution in [-0.4, -0.2) is 64.8 Å². The predicted molar refractivity (Wildman–Crippen MR) is 73.6 cm³/mol. The number of amides is 2. The minimum atomic E-state index is -1.07. The minimum Gasteiger partial charge on any atom is -0.480 e. The van der Waals surface area contributed by atoms with Gasteiger partial charge >= 0.3 is 12.0 Å². The fraction of sp³-hybridized carbons (Fsp3) is 0.857. The number of hydrogen-bond acceptors (Lipinski definition) is 3. The van der Waals surface area contributed by atoms with E-state index in [0.29, 0.717) is 26.1 Å². The quantitative estimate of drug-likeness (QED) is 0.850. The maximum absolute atomic E-state index is 12.6. The molecule has 0 saturated carbocycles. The molecule has 6 heteroatoms. The van der Waals surface area contributed by atoms with Gasteiger partial charge in [-0.3, -0.25) is 0 Å². The molecule has 2 aliphatic rings. The Balaban J connectivity index is 2.05. The van der Waals surface area contributed by atoms with Crippen molar-refractivity contribution in [3.63, 3.8) is 0 Å². The van der Waals surface area contributed by atoms with Crippen LogP contribution in [0.25, 0.3) is 0 Å². The molecule has 0 bridgehead atoms. The molecule has 2 unspecified atom stereocenters. The number of hydrogen-bond donors (Lipinski definition) is 1. The topological polar surface area (TPSA) is 70.1 Å². The van der Waals surface area contributed by atoms with Crippen molar-refractivity contribution >= 4 is 12.0 Å². The van der Waals surface area contributed by atoms with Crippen LogP contribution in [0.15, 0.2) is 0 Å². The number of ether oxygens (including phenoxy) is 1. The molecule has 2 atom stereocenters. The van der Waals surface area contributed by atoms with E-state index >= 15 is 0 Å². The maximum Gasteiger partial charge on any atom is 0.329 e. The molecule has 2 aliphatic heterocycles. The van der Waals surface area contributed by atoms with Crippen LogP contribution in [0.5, 0.6) is 0 Å². The van der Waals surface area contributed by atoms with Crippen molar-refractivity contribution in [1.29, 1.82) is 0 Å². The lowest BCUT2D eigenvalue weighted by Gasteiger charge is -2.36. The normalized spacial score (nSPS) is 29.7. The first-order valence-electron chi connectivity index (χ1n) is 7.40. The van der Waals surface area contributed by atoms with Gasteiger partial charge in [0.2, 0.25) is 0 Å². The zero-order valence-corrected chi connectivity index (χ0v) is 12.3. The fourth-order valence-corrected chi connectivity index (χ4v) is 3.04. The van der Waals surface area contributed by atoms with Crippen molar-refractivity contribution in [1.82, 2.24) is 9.80 Å². The monoisotopic (exact) mass is 284 g/mol. The van der Waals surface area contributed by atoms with E-state index in [1.165, 1.54) is 4.90 Å². The zero-order valence-electron chi connectivity index (χ0n) is 12.3. The fourth-order valence-electron chi connectivity index (χ4n) is 3.04. The molecule has 2 rings (SSSR count). The van der Waals surface area contributed by atoms with Crippen LogP contribution in [0.2, 0.25) is 0 Å². The molecule has 20 heavy (non-hydrogen) atoms. The summed E-state index contributed by atoms with van der Waals surface area (Å²) in [5.41, 5.74) is -1.07. The summed E-state index contributed by atoms with van der Waals surface area (Å²) in [4.78, 5) is 27.3. The first-order chi connectivity index (χ1) is 9.49. The number of nitrogens with zero attached hydrogens (tertiary/aromatic N) is 2. The largest absolute Gasteiger partial charge is 0.480 e. The average molecular weight is 284 g/mol. The van der Waals surface area contributed by atoms with Gasteiger partial charge in [-0.2, -0.15) is 0 Å². The highest BCUT2D eigenvalue weighted by Crippen LogP contribution is 2.30. The second kappa shape index (κ2) is 5.99. The number of carboxylic acid groups (broad SMARTS) is 1. The molecular weight excluding hydrogens is 260 g/mol. The lowest BCUT2D eigenvalue weighted by Crippen LogP contribution is -2.56. The molecule has 0 radical (unpaired) electrons. The first-order valence-corrected chi connectivity index (χ1v) is 7.40. The Labute approximate surface area is 119 Å². The SMILES string of the molecule is CCN(CC1CCCO1)C(=O)N1CCCC1(C)C(=O)O. The van der Waals surface area contributed by atoms with Crippen molar-refractivity contribution in [3.05, 3.63) is 0 Å². The number of carbonyl (C=O) groups is 2. The molecular formula is C14H24N2O4. The third-order valence-corrected chi connectivity index (χ3v) is 4.43. The second-order valence-corrected chi connectivity index (χ2v) is 5.79. The Morgan fingerprint density at radius 3 is 2.75 bits per heavy atom. The molecule has 2 amide bonds. The van der Waals surface area contributed by atoms with Gasteiger partial charge in [-0.05, 0) is 39.5 Å². The molecule has 0 spiro atoms. The van der Waals surface area contributed by atoms with Gasteiger partial charge in [0.05, 0.1) is 6.10 Å². The van der Waals surface area contributed by atoms with E-state index in [1.54, 1.807) is 11.8 Å². The third-order valence-electron chi connectivity index (χ3n) is 4.43. The lowest BCUT2D eigenvalue weighted by atomic mass is 10.00. The Morgan fingerprint density at radius 2 is 2.20 bits per heavy atom. The van der Waals surface area contributed by atoms with Crippen molar-refractivity contribution in [2.75, 3.05) is 26.2 Å². The van der Waals surface area contributed by atoms with E-state index in [-0.39, 0.29) is 12.1 Å². The molecule has 114 valence electrons. The van der Waals surface area contributed by atoms with E-state index in [9.17, 15) is 14.7 Å². The van der Waals surface area contributed by atoms with Crippen LogP contribution in [0.3, 0.4) is 0 Å². The van der Waals surface area contributed by atoms with Gasteiger partial charge < -0.3 is 19.6 Å². The van der Waals surface area contributed by atoms with E-state index in [0.717, 1.165) is 25.9 Å². The number of carboxylic acids is 1. The van der Waals surface area contributed by atoms with Gasteiger partial charge in [-0.15, -0.1) is 0 Å². The number of aliphatic carboxylic acids is 1. The van der Waals surface area contributed by atoms with E-state index in [2.05, 4.69) is 0 Å². The Kier molecular flexibility index (Phi) is 4.52. The van der Waals surface area contributed by atoms with Crippen molar-refractivity contribution in [2.24, 2.45) is 0 Å². The number of urea groups is 1. The van der Waals surface area contributed by atoms with Gasteiger partial charge in [-0.25, -0.2) is 9.59 Å². The zero-order chi connectivity index (χ0) is 14.8. The van der Waals surface area contributed by atoms with Gasteiger partial charge in [0.1, 0.15) is 5.54 Å². The van der Waals surface area contributed by atoms with Crippen LogP contribution >= 0.6 is 0 Å². The van der Waals surface area contributed by atoms with E-state index in [1.807, 2.05) is 6.92 Å². The van der Waals surface area contributed by atoms with Gasteiger partial charge in [0.15, 0.2) is 0 Å². The van der Waals surface area contributed by atoms with Crippen LogP contribution in [0.1, 0.15) is 39.5 Å². The highest BCUT2D eigenvalue weighted by atomic mass is 16.5. The maximum atomic E-state index is 12.6. The van der Waals surface area contributed by atoms with E-state index < -0.39 is 11.5 Å². The Morgan fingerprint density at radius 1 is 1.45 bits per heavy atom. The summed E-state index contributed by atoms with van der Waals surface area (Å²) in [5.74, 6) is -0.920. The van der Waals surface area contributed by atoms with Gasteiger partial charge in [0, 0.05) is 26.2 Å². The van der Waals surface area contributed by atoms with Crippen LogP contribution < -0.4 is 0 Å².